The highest BCUT2D eigenvalue weighted by atomic mass is 79.9. The second kappa shape index (κ2) is 3.73. The molecule has 0 spiro atoms. The first-order valence-electron chi connectivity index (χ1n) is 5.55. The minimum atomic E-state index is -0.763. The van der Waals surface area contributed by atoms with Crippen LogP contribution in [0.1, 0.15) is 35.1 Å². The lowest BCUT2D eigenvalue weighted by atomic mass is 9.85. The van der Waals surface area contributed by atoms with Crippen molar-refractivity contribution >= 4 is 21.9 Å². The predicted molar refractivity (Wildman–Crippen MR) is 68.6 cm³/mol. The number of aromatic hydroxyl groups is 1. The predicted octanol–water partition coefficient (Wildman–Crippen LogP) is 3.20. The number of phenols is 1. The number of rotatable bonds is 2. The number of phenolic OH excluding ortho intramolecular Hbond substituents is 1. The Hall–Kier alpha value is -1.03. The zero-order valence-corrected chi connectivity index (χ0v) is 11.7. The number of halogens is 1. The van der Waals surface area contributed by atoms with Crippen molar-refractivity contribution in [2.45, 2.75) is 39.0 Å². The molecule has 3 nitrogen and oxygen atoms in total. The van der Waals surface area contributed by atoms with E-state index in [1.807, 2.05) is 20.8 Å². The highest BCUT2D eigenvalue weighted by molar-refractivity contribution is 9.10. The summed E-state index contributed by atoms with van der Waals surface area (Å²) in [6.07, 6.45) is 1.36. The second-order valence-corrected chi connectivity index (χ2v) is 5.59. The largest absolute Gasteiger partial charge is 0.506 e. The van der Waals surface area contributed by atoms with Crippen LogP contribution in [0.2, 0.25) is 0 Å². The van der Waals surface area contributed by atoms with Crippen molar-refractivity contribution in [3.8, 4) is 5.75 Å². The average molecular weight is 299 g/mol. The third-order valence-electron chi connectivity index (χ3n) is 3.84. The summed E-state index contributed by atoms with van der Waals surface area (Å²) in [5, 5.41) is 19.3. The number of carboxylic acids is 1. The average Bonchev–Trinajstić information content (AvgIpc) is 3.05. The quantitative estimate of drug-likeness (QED) is 0.881. The van der Waals surface area contributed by atoms with E-state index in [0.717, 1.165) is 22.3 Å². The van der Waals surface area contributed by atoms with Crippen molar-refractivity contribution in [3.05, 3.63) is 26.7 Å². The van der Waals surface area contributed by atoms with E-state index in [2.05, 4.69) is 15.9 Å². The molecule has 0 aromatic heterocycles. The molecule has 2 N–H and O–H groups in total. The van der Waals surface area contributed by atoms with Gasteiger partial charge in [-0.25, -0.2) is 0 Å². The van der Waals surface area contributed by atoms with Gasteiger partial charge in [0, 0.05) is 0 Å². The van der Waals surface area contributed by atoms with Crippen LogP contribution in [0.5, 0.6) is 5.75 Å². The maximum absolute atomic E-state index is 11.4. The summed E-state index contributed by atoms with van der Waals surface area (Å²) in [5.74, 6) is -0.550. The van der Waals surface area contributed by atoms with E-state index in [4.69, 9.17) is 0 Å². The first-order valence-corrected chi connectivity index (χ1v) is 6.34. The van der Waals surface area contributed by atoms with Crippen molar-refractivity contribution in [3.63, 3.8) is 0 Å². The van der Waals surface area contributed by atoms with Crippen molar-refractivity contribution in [1.82, 2.24) is 0 Å². The fraction of sp³-hybridized carbons (Fsp3) is 0.462. The molecule has 4 heteroatoms. The lowest BCUT2D eigenvalue weighted by molar-refractivity contribution is -0.140. The standard InChI is InChI=1S/C13H15BrO3/c1-6-7(2)11(15)10(14)8(3)9(6)13(4-5-13)12(16)17/h15H,4-5H2,1-3H3,(H,16,17). The van der Waals surface area contributed by atoms with E-state index in [0.29, 0.717) is 17.3 Å². The van der Waals surface area contributed by atoms with Crippen LogP contribution in [0.4, 0.5) is 0 Å². The molecule has 0 heterocycles. The Labute approximate surface area is 109 Å². The van der Waals surface area contributed by atoms with E-state index in [1.165, 1.54) is 0 Å². The van der Waals surface area contributed by atoms with Crippen LogP contribution in [-0.4, -0.2) is 16.2 Å². The van der Waals surface area contributed by atoms with Crippen LogP contribution in [0.25, 0.3) is 0 Å². The van der Waals surface area contributed by atoms with Crippen molar-refractivity contribution in [1.29, 1.82) is 0 Å². The summed E-state index contributed by atoms with van der Waals surface area (Å²) >= 11 is 3.34. The highest BCUT2D eigenvalue weighted by Gasteiger charge is 2.53. The third-order valence-corrected chi connectivity index (χ3v) is 4.81. The fourth-order valence-electron chi connectivity index (χ4n) is 2.51. The second-order valence-electron chi connectivity index (χ2n) is 4.80. The normalized spacial score (nSPS) is 16.9. The van der Waals surface area contributed by atoms with Crippen molar-refractivity contribution < 1.29 is 15.0 Å². The van der Waals surface area contributed by atoms with E-state index >= 15 is 0 Å². The molecule has 1 fully saturated rings. The maximum Gasteiger partial charge on any atom is 0.314 e. The molecular formula is C13H15BrO3. The molecule has 0 amide bonds. The molecular weight excluding hydrogens is 284 g/mol. The molecule has 17 heavy (non-hydrogen) atoms. The van der Waals surface area contributed by atoms with Gasteiger partial charge in [-0.2, -0.15) is 0 Å². The number of benzene rings is 1. The summed E-state index contributed by atoms with van der Waals surface area (Å²) in [4.78, 5) is 11.4. The molecule has 2 rings (SSSR count). The number of carbonyl (C=O) groups is 1. The smallest absolute Gasteiger partial charge is 0.314 e. The van der Waals surface area contributed by atoms with Crippen LogP contribution in [0, 0.1) is 20.8 Å². The molecule has 0 radical (unpaired) electrons. The molecule has 0 aliphatic heterocycles. The van der Waals surface area contributed by atoms with E-state index < -0.39 is 11.4 Å². The Morgan fingerprint density at radius 1 is 1.18 bits per heavy atom. The van der Waals surface area contributed by atoms with Gasteiger partial charge < -0.3 is 10.2 Å². The lowest BCUT2D eigenvalue weighted by Crippen LogP contribution is -2.22. The van der Waals surface area contributed by atoms with Gasteiger partial charge in [-0.1, -0.05) is 0 Å². The highest BCUT2D eigenvalue weighted by Crippen LogP contribution is 2.53. The Bertz CT molecular complexity index is 487. The number of hydrogen-bond acceptors (Lipinski definition) is 2. The monoisotopic (exact) mass is 298 g/mol. The summed E-state index contributed by atoms with van der Waals surface area (Å²) in [7, 11) is 0. The first kappa shape index (κ1) is 12.4. The van der Waals surface area contributed by atoms with E-state index in [9.17, 15) is 15.0 Å². The number of hydrogen-bond donors (Lipinski definition) is 2. The van der Waals surface area contributed by atoms with Crippen LogP contribution in [0.3, 0.4) is 0 Å². The van der Waals surface area contributed by atoms with Gasteiger partial charge >= 0.3 is 5.97 Å². The number of aliphatic carboxylic acids is 1. The summed E-state index contributed by atoms with van der Waals surface area (Å²) < 4.78 is 0.614. The SMILES string of the molecule is Cc1c(C)c(C2(C(=O)O)CC2)c(C)c(Br)c1O. The van der Waals surface area contributed by atoms with Gasteiger partial charge in [0.1, 0.15) is 5.75 Å². The molecule has 1 aliphatic rings. The van der Waals surface area contributed by atoms with Crippen LogP contribution < -0.4 is 0 Å². The van der Waals surface area contributed by atoms with Gasteiger partial charge in [0.25, 0.3) is 0 Å². The van der Waals surface area contributed by atoms with Crippen molar-refractivity contribution in [2.24, 2.45) is 0 Å². The minimum Gasteiger partial charge on any atom is -0.506 e. The van der Waals surface area contributed by atoms with E-state index in [1.54, 1.807) is 0 Å². The number of carboxylic acid groups (broad SMARTS) is 1. The molecule has 0 bridgehead atoms. The Morgan fingerprint density at radius 2 is 1.71 bits per heavy atom. The van der Waals surface area contributed by atoms with Crippen molar-refractivity contribution in [2.75, 3.05) is 0 Å². The van der Waals surface area contributed by atoms with Gasteiger partial charge in [-0.05, 0) is 71.8 Å². The Balaban J connectivity index is 2.76. The molecule has 92 valence electrons. The minimum absolute atomic E-state index is 0.213. The van der Waals surface area contributed by atoms with Gasteiger partial charge in [0.2, 0.25) is 0 Å². The molecule has 0 saturated heterocycles. The molecule has 0 unspecified atom stereocenters. The van der Waals surface area contributed by atoms with Gasteiger partial charge in [-0.3, -0.25) is 4.79 Å². The molecule has 1 aliphatic carbocycles. The summed E-state index contributed by atoms with van der Waals surface area (Å²) in [5.41, 5.74) is 2.63. The van der Waals surface area contributed by atoms with Crippen LogP contribution in [-0.2, 0) is 10.2 Å². The van der Waals surface area contributed by atoms with E-state index in [-0.39, 0.29) is 5.75 Å². The topological polar surface area (TPSA) is 57.5 Å². The van der Waals surface area contributed by atoms with Gasteiger partial charge in [0.05, 0.1) is 9.89 Å². The Kier molecular flexibility index (Phi) is 2.73. The fourth-order valence-corrected chi connectivity index (χ4v) is 3.01. The lowest BCUT2D eigenvalue weighted by Gasteiger charge is -2.21. The third kappa shape index (κ3) is 1.58. The summed E-state index contributed by atoms with van der Waals surface area (Å²) in [6, 6.07) is 0. The summed E-state index contributed by atoms with van der Waals surface area (Å²) in [6.45, 7) is 5.55. The van der Waals surface area contributed by atoms with Gasteiger partial charge in [-0.15, -0.1) is 0 Å². The zero-order valence-electron chi connectivity index (χ0n) is 10.1. The zero-order chi connectivity index (χ0) is 13.0. The van der Waals surface area contributed by atoms with Crippen LogP contribution in [0.15, 0.2) is 4.47 Å². The maximum atomic E-state index is 11.4. The Morgan fingerprint density at radius 3 is 2.12 bits per heavy atom. The molecule has 1 aromatic rings. The molecule has 1 aromatic carbocycles. The molecule has 0 atom stereocenters. The first-order chi connectivity index (χ1) is 7.83. The van der Waals surface area contributed by atoms with Crippen LogP contribution >= 0.6 is 15.9 Å². The molecule has 1 saturated carbocycles. The van der Waals surface area contributed by atoms with Gasteiger partial charge in [0.15, 0.2) is 0 Å².